The number of hydrogen-bond donors (Lipinski definition) is 2. The van der Waals surface area contributed by atoms with Gasteiger partial charge < -0.3 is 11.1 Å². The SMILES string of the molecule is Cc1cc(-c2cccc3nc([C@@H](C)Nc4nc(N)ncc4C#N)n(-c4ccccc4)c(=O)c23)cnn1. The Morgan fingerprint density at radius 2 is 1.89 bits per heavy atom. The van der Waals surface area contributed by atoms with Crippen LogP contribution in [-0.2, 0) is 0 Å². The minimum atomic E-state index is -0.516. The minimum Gasteiger partial charge on any atom is -0.368 e. The van der Waals surface area contributed by atoms with Gasteiger partial charge >= 0.3 is 0 Å². The van der Waals surface area contributed by atoms with E-state index >= 15 is 0 Å². The molecule has 0 bridgehead atoms. The van der Waals surface area contributed by atoms with E-state index in [1.807, 2.05) is 62.4 Å². The molecule has 0 aliphatic heterocycles. The zero-order chi connectivity index (χ0) is 25.2. The first-order valence-corrected chi connectivity index (χ1v) is 11.2. The van der Waals surface area contributed by atoms with Crippen LogP contribution in [0.2, 0.25) is 0 Å². The van der Waals surface area contributed by atoms with E-state index in [4.69, 9.17) is 10.7 Å². The summed E-state index contributed by atoms with van der Waals surface area (Å²) in [4.78, 5) is 27.1. The third-order valence-electron chi connectivity index (χ3n) is 5.69. The van der Waals surface area contributed by atoms with Crippen molar-refractivity contribution in [2.75, 3.05) is 11.1 Å². The Bertz CT molecular complexity index is 1690. The molecular weight excluding hydrogens is 454 g/mol. The van der Waals surface area contributed by atoms with Gasteiger partial charge in [-0.15, -0.1) is 0 Å². The number of nitrogen functional groups attached to an aromatic ring is 1. The van der Waals surface area contributed by atoms with Crippen LogP contribution in [0.4, 0.5) is 11.8 Å². The number of aryl methyl sites for hydroxylation is 1. The van der Waals surface area contributed by atoms with Gasteiger partial charge in [0.25, 0.3) is 5.56 Å². The Balaban J connectivity index is 1.75. The average Bonchev–Trinajstić information content (AvgIpc) is 2.89. The smallest absolute Gasteiger partial charge is 0.266 e. The van der Waals surface area contributed by atoms with Gasteiger partial charge in [-0.2, -0.15) is 20.4 Å². The van der Waals surface area contributed by atoms with Crippen LogP contribution in [0.25, 0.3) is 27.7 Å². The molecule has 5 rings (SSSR count). The highest BCUT2D eigenvalue weighted by Crippen LogP contribution is 2.28. The maximum absolute atomic E-state index is 14.1. The zero-order valence-electron chi connectivity index (χ0n) is 19.5. The highest BCUT2D eigenvalue weighted by Gasteiger charge is 2.21. The molecule has 2 aromatic carbocycles. The molecule has 3 N–H and O–H groups in total. The van der Waals surface area contributed by atoms with Crippen LogP contribution in [0.15, 0.2) is 71.8 Å². The Hall–Kier alpha value is -5.17. The number of fused-ring (bicyclic) bond motifs is 1. The summed E-state index contributed by atoms with van der Waals surface area (Å²) in [5.74, 6) is 0.737. The first-order chi connectivity index (χ1) is 17.5. The summed E-state index contributed by atoms with van der Waals surface area (Å²) >= 11 is 0. The van der Waals surface area contributed by atoms with Gasteiger partial charge in [0.15, 0.2) is 0 Å². The molecule has 3 aromatic heterocycles. The largest absolute Gasteiger partial charge is 0.368 e. The van der Waals surface area contributed by atoms with Crippen LogP contribution >= 0.6 is 0 Å². The van der Waals surface area contributed by atoms with Crippen LogP contribution in [0.1, 0.15) is 30.0 Å². The van der Waals surface area contributed by atoms with Crippen LogP contribution in [0, 0.1) is 18.3 Å². The number of nitrogens with two attached hydrogens (primary N) is 1. The van der Waals surface area contributed by atoms with Crippen molar-refractivity contribution in [2.45, 2.75) is 19.9 Å². The summed E-state index contributed by atoms with van der Waals surface area (Å²) in [6.45, 7) is 3.69. The predicted octanol–water partition coefficient (Wildman–Crippen LogP) is 3.57. The molecule has 36 heavy (non-hydrogen) atoms. The molecule has 1 atom stereocenters. The van der Waals surface area contributed by atoms with Gasteiger partial charge in [0.05, 0.1) is 40.7 Å². The number of rotatable bonds is 5. The van der Waals surface area contributed by atoms with E-state index in [9.17, 15) is 10.1 Å². The second-order valence-electron chi connectivity index (χ2n) is 8.20. The topological polar surface area (TPSA) is 148 Å². The summed E-state index contributed by atoms with van der Waals surface area (Å²) in [5, 5.41) is 21.2. The Labute approximate surface area is 206 Å². The fourth-order valence-corrected chi connectivity index (χ4v) is 4.08. The molecule has 5 aromatic rings. The molecule has 0 unspecified atom stereocenters. The van der Waals surface area contributed by atoms with Gasteiger partial charge in [0.1, 0.15) is 23.3 Å². The van der Waals surface area contributed by atoms with Crippen LogP contribution in [-0.4, -0.2) is 29.7 Å². The maximum Gasteiger partial charge on any atom is 0.266 e. The minimum absolute atomic E-state index is 0.0292. The van der Waals surface area contributed by atoms with E-state index in [1.54, 1.807) is 16.8 Å². The number of benzene rings is 2. The van der Waals surface area contributed by atoms with Gasteiger partial charge in [-0.25, -0.2) is 9.97 Å². The Morgan fingerprint density at radius 3 is 2.64 bits per heavy atom. The second kappa shape index (κ2) is 9.23. The van der Waals surface area contributed by atoms with Crippen molar-refractivity contribution < 1.29 is 0 Å². The van der Waals surface area contributed by atoms with Crippen molar-refractivity contribution in [1.82, 2.24) is 29.7 Å². The summed E-state index contributed by atoms with van der Waals surface area (Å²) in [6.07, 6.45) is 2.99. The zero-order valence-corrected chi connectivity index (χ0v) is 19.5. The monoisotopic (exact) mass is 475 g/mol. The summed E-state index contributed by atoms with van der Waals surface area (Å²) < 4.78 is 1.57. The Morgan fingerprint density at radius 1 is 1.08 bits per heavy atom. The van der Waals surface area contributed by atoms with Crippen molar-refractivity contribution in [2.24, 2.45) is 0 Å². The van der Waals surface area contributed by atoms with Gasteiger partial charge in [-0.3, -0.25) is 9.36 Å². The summed E-state index contributed by atoms with van der Waals surface area (Å²) in [7, 11) is 0. The van der Waals surface area contributed by atoms with E-state index in [2.05, 4.69) is 31.6 Å². The number of nitrogens with one attached hydrogen (secondary N) is 1. The van der Waals surface area contributed by atoms with Crippen LogP contribution in [0.5, 0.6) is 0 Å². The van der Waals surface area contributed by atoms with Crippen molar-refractivity contribution in [1.29, 1.82) is 5.26 Å². The van der Waals surface area contributed by atoms with Crippen molar-refractivity contribution in [3.05, 3.63) is 94.4 Å². The van der Waals surface area contributed by atoms with Crippen molar-refractivity contribution in [3.8, 4) is 22.9 Å². The third-order valence-corrected chi connectivity index (χ3v) is 5.69. The molecule has 0 aliphatic carbocycles. The molecule has 0 fully saturated rings. The van der Waals surface area contributed by atoms with Crippen molar-refractivity contribution in [3.63, 3.8) is 0 Å². The van der Waals surface area contributed by atoms with Crippen molar-refractivity contribution >= 4 is 22.7 Å². The summed E-state index contributed by atoms with van der Waals surface area (Å²) in [6, 6.07) is 18.2. The summed E-state index contributed by atoms with van der Waals surface area (Å²) in [5.41, 5.74) is 9.17. The van der Waals surface area contributed by atoms with E-state index in [1.165, 1.54) is 6.20 Å². The van der Waals surface area contributed by atoms with E-state index in [0.29, 0.717) is 22.4 Å². The molecule has 0 saturated carbocycles. The highest BCUT2D eigenvalue weighted by molar-refractivity contribution is 5.94. The Kier molecular flexibility index (Phi) is 5.80. The quantitative estimate of drug-likeness (QED) is 0.389. The average molecular weight is 476 g/mol. The molecule has 10 nitrogen and oxygen atoms in total. The number of nitrogens with zero attached hydrogens (tertiary/aromatic N) is 7. The van der Waals surface area contributed by atoms with Gasteiger partial charge in [-0.05, 0) is 43.7 Å². The molecule has 0 radical (unpaired) electrons. The normalized spacial score (nSPS) is 11.7. The number of para-hydroxylation sites is 1. The fraction of sp³-hybridized carbons (Fsp3) is 0.115. The predicted molar refractivity (Wildman–Crippen MR) is 136 cm³/mol. The lowest BCUT2D eigenvalue weighted by Crippen LogP contribution is -2.28. The molecule has 0 amide bonds. The highest BCUT2D eigenvalue weighted by atomic mass is 16.1. The molecule has 10 heteroatoms. The molecule has 3 heterocycles. The lowest BCUT2D eigenvalue weighted by atomic mass is 10.0. The number of aromatic nitrogens is 6. The number of hydrogen-bond acceptors (Lipinski definition) is 9. The number of anilines is 2. The fourth-order valence-electron chi connectivity index (χ4n) is 4.08. The molecule has 0 aliphatic rings. The van der Waals surface area contributed by atoms with E-state index < -0.39 is 6.04 Å². The van der Waals surface area contributed by atoms with Crippen LogP contribution < -0.4 is 16.6 Å². The van der Waals surface area contributed by atoms with E-state index in [0.717, 1.165) is 16.8 Å². The molecule has 0 saturated heterocycles. The first kappa shape index (κ1) is 22.6. The maximum atomic E-state index is 14.1. The molecule has 0 spiro atoms. The van der Waals surface area contributed by atoms with Gasteiger partial charge in [-0.1, -0.05) is 30.3 Å². The standard InChI is InChI=1S/C26H21N9O/c1-15-11-17(14-30-34-15)20-9-6-10-21-22(20)25(36)35(19-7-4-3-5-8-19)24(32-21)16(2)31-23-18(12-27)13-29-26(28)33-23/h3-11,13-14,16H,1-2H3,(H3,28,29,31,33)/t16-/m1/s1. The second-order valence-corrected chi connectivity index (χ2v) is 8.20. The van der Waals surface area contributed by atoms with Gasteiger partial charge in [0, 0.05) is 5.56 Å². The lowest BCUT2D eigenvalue weighted by Gasteiger charge is -2.21. The lowest BCUT2D eigenvalue weighted by molar-refractivity contribution is 0.730. The number of nitriles is 1. The third kappa shape index (κ3) is 4.10. The molecular formula is C26H21N9O. The van der Waals surface area contributed by atoms with Crippen LogP contribution in [0.3, 0.4) is 0 Å². The van der Waals surface area contributed by atoms with E-state index in [-0.39, 0.29) is 22.9 Å². The first-order valence-electron chi connectivity index (χ1n) is 11.2. The van der Waals surface area contributed by atoms with Gasteiger partial charge in [0.2, 0.25) is 5.95 Å². The molecule has 176 valence electrons.